The third kappa shape index (κ3) is 3.46. The van der Waals surface area contributed by atoms with Crippen molar-refractivity contribution in [1.29, 1.82) is 0 Å². The minimum atomic E-state index is -4.39. The van der Waals surface area contributed by atoms with Gasteiger partial charge in [0.25, 0.3) is 0 Å². The molecular weight excluding hydrogens is 262 g/mol. The average Bonchev–Trinajstić information content (AvgIpc) is 2.80. The second kappa shape index (κ2) is 5.29. The van der Waals surface area contributed by atoms with Crippen LogP contribution in [0.15, 0.2) is 36.7 Å². The van der Waals surface area contributed by atoms with E-state index in [1.165, 1.54) is 6.07 Å². The highest BCUT2D eigenvalue weighted by molar-refractivity contribution is 5.44. The van der Waals surface area contributed by atoms with Gasteiger partial charge in [0.15, 0.2) is 0 Å². The van der Waals surface area contributed by atoms with E-state index in [1.54, 1.807) is 18.2 Å². The van der Waals surface area contributed by atoms with Crippen LogP contribution in [-0.2, 0) is 12.7 Å². The predicted octanol–water partition coefficient (Wildman–Crippen LogP) is 3.15. The van der Waals surface area contributed by atoms with Gasteiger partial charge in [0.2, 0.25) is 0 Å². The van der Waals surface area contributed by atoms with Gasteiger partial charge in [0.1, 0.15) is 5.82 Å². The maximum Gasteiger partial charge on any atom is 0.419 e. The smallest absolute Gasteiger partial charge is 0.381 e. The summed E-state index contributed by atoms with van der Waals surface area (Å²) in [5, 5.41) is 6.39. The molecule has 2 rings (SSSR count). The molecule has 1 N–H and O–H groups in total. The van der Waals surface area contributed by atoms with Crippen LogP contribution in [0.4, 0.5) is 23.2 Å². The van der Waals surface area contributed by atoms with Crippen LogP contribution in [0.5, 0.6) is 0 Å². The number of hydrogen-bond acceptors (Lipinski definition) is 2. The van der Waals surface area contributed by atoms with Crippen molar-refractivity contribution >= 4 is 5.69 Å². The number of hydrogen-bond donors (Lipinski definition) is 1. The van der Waals surface area contributed by atoms with Crippen LogP contribution in [0.3, 0.4) is 0 Å². The third-order valence-electron chi connectivity index (χ3n) is 2.49. The van der Waals surface area contributed by atoms with Crippen molar-refractivity contribution in [2.24, 2.45) is 0 Å². The van der Waals surface area contributed by atoms with Crippen LogP contribution in [0.25, 0.3) is 0 Å². The number of aromatic nitrogens is 2. The topological polar surface area (TPSA) is 29.9 Å². The highest BCUT2D eigenvalue weighted by Gasteiger charge is 2.32. The molecule has 7 heteroatoms. The number of nitrogens with one attached hydrogen (secondary N) is 1. The Kier molecular flexibility index (Phi) is 3.73. The van der Waals surface area contributed by atoms with Gasteiger partial charge in [-0.15, -0.1) is 0 Å². The number of alkyl halides is 3. The van der Waals surface area contributed by atoms with Gasteiger partial charge < -0.3 is 5.32 Å². The van der Waals surface area contributed by atoms with Crippen molar-refractivity contribution in [3.63, 3.8) is 0 Å². The van der Waals surface area contributed by atoms with E-state index < -0.39 is 17.6 Å². The molecule has 0 aliphatic rings. The first-order valence-corrected chi connectivity index (χ1v) is 5.55. The predicted molar refractivity (Wildman–Crippen MR) is 62.1 cm³/mol. The molecule has 0 radical (unpaired) electrons. The van der Waals surface area contributed by atoms with Gasteiger partial charge in [-0.05, 0) is 12.1 Å². The largest absolute Gasteiger partial charge is 0.419 e. The molecule has 0 spiro atoms. The van der Waals surface area contributed by atoms with Crippen molar-refractivity contribution < 1.29 is 17.6 Å². The number of halogens is 4. The molecule has 2 aromatic rings. The fourth-order valence-electron chi connectivity index (χ4n) is 1.54. The Morgan fingerprint density at radius 1 is 1.21 bits per heavy atom. The molecule has 19 heavy (non-hydrogen) atoms. The van der Waals surface area contributed by atoms with E-state index in [9.17, 15) is 17.6 Å². The molecule has 0 amide bonds. The summed E-state index contributed by atoms with van der Waals surface area (Å²) < 4.78 is 51.4. The minimum absolute atomic E-state index is 0.213. The first-order chi connectivity index (χ1) is 8.97. The van der Waals surface area contributed by atoms with Crippen molar-refractivity contribution in [3.05, 3.63) is 48.0 Å². The monoisotopic (exact) mass is 273 g/mol. The van der Waals surface area contributed by atoms with Gasteiger partial charge in [0.05, 0.1) is 24.0 Å². The van der Waals surface area contributed by atoms with Crippen LogP contribution in [-0.4, -0.2) is 16.3 Å². The van der Waals surface area contributed by atoms with Crippen molar-refractivity contribution in [2.45, 2.75) is 12.7 Å². The summed E-state index contributed by atoms with van der Waals surface area (Å²) in [6.07, 6.45) is -2.71. The Hall–Kier alpha value is -2.05. The molecule has 0 atom stereocenters. The van der Waals surface area contributed by atoms with Gasteiger partial charge in [-0.3, -0.25) is 4.68 Å². The quantitative estimate of drug-likeness (QED) is 0.867. The molecule has 0 saturated carbocycles. The van der Waals surface area contributed by atoms with Crippen LogP contribution in [0.1, 0.15) is 5.56 Å². The van der Waals surface area contributed by atoms with Gasteiger partial charge >= 0.3 is 6.18 Å². The number of benzene rings is 1. The Morgan fingerprint density at radius 3 is 2.58 bits per heavy atom. The lowest BCUT2D eigenvalue weighted by Crippen LogP contribution is -2.12. The fraction of sp³-hybridized carbons (Fsp3) is 0.250. The van der Waals surface area contributed by atoms with E-state index in [2.05, 4.69) is 10.4 Å². The van der Waals surface area contributed by atoms with E-state index in [0.717, 1.165) is 17.1 Å². The van der Waals surface area contributed by atoms with Crippen LogP contribution >= 0.6 is 0 Å². The second-order valence-electron chi connectivity index (χ2n) is 3.90. The maximum atomic E-state index is 13.2. The van der Waals surface area contributed by atoms with Gasteiger partial charge in [-0.1, -0.05) is 12.1 Å². The normalized spacial score (nSPS) is 11.6. The molecule has 0 unspecified atom stereocenters. The zero-order chi connectivity index (χ0) is 13.9. The Balaban J connectivity index is 1.90. The highest BCUT2D eigenvalue weighted by Crippen LogP contribution is 2.28. The molecule has 0 bridgehead atoms. The molecule has 102 valence electrons. The Bertz CT molecular complexity index is 548. The van der Waals surface area contributed by atoms with Crippen molar-refractivity contribution in [3.8, 4) is 0 Å². The van der Waals surface area contributed by atoms with Crippen molar-refractivity contribution in [1.82, 2.24) is 9.78 Å². The molecule has 3 nitrogen and oxygen atoms in total. The highest BCUT2D eigenvalue weighted by atomic mass is 19.4. The molecular formula is C12H11F4N3. The lowest BCUT2D eigenvalue weighted by molar-refractivity contribution is -0.137. The number of rotatable bonds is 4. The summed E-state index contributed by atoms with van der Waals surface area (Å²) in [5.74, 6) is -0.404. The number of nitrogens with zero attached hydrogens (tertiary/aromatic N) is 2. The van der Waals surface area contributed by atoms with E-state index in [4.69, 9.17) is 0 Å². The summed E-state index contributed by atoms with van der Waals surface area (Å²) in [4.78, 5) is 0. The Morgan fingerprint density at radius 2 is 1.95 bits per heavy atom. The molecule has 1 aromatic carbocycles. The molecule has 0 aliphatic carbocycles. The molecule has 0 saturated heterocycles. The first kappa shape index (κ1) is 13.4. The lowest BCUT2D eigenvalue weighted by Gasteiger charge is -2.07. The van der Waals surface area contributed by atoms with E-state index in [1.807, 2.05) is 0 Å². The van der Waals surface area contributed by atoms with Crippen molar-refractivity contribution in [2.75, 3.05) is 11.9 Å². The van der Waals surface area contributed by atoms with E-state index >= 15 is 0 Å². The summed E-state index contributed by atoms with van der Waals surface area (Å²) in [6, 6.07) is 6.09. The summed E-state index contributed by atoms with van der Waals surface area (Å²) in [6.45, 7) is 0.490. The summed E-state index contributed by atoms with van der Waals surface area (Å²) >= 11 is 0. The van der Waals surface area contributed by atoms with Gasteiger partial charge in [0, 0.05) is 12.7 Å². The molecule has 1 aromatic heterocycles. The van der Waals surface area contributed by atoms with E-state index in [0.29, 0.717) is 5.69 Å². The fourth-order valence-corrected chi connectivity index (χ4v) is 1.54. The van der Waals surface area contributed by atoms with Gasteiger partial charge in [-0.2, -0.15) is 18.3 Å². The number of anilines is 1. The standard InChI is InChI=1S/C12H11F4N3/c13-10-3-1-2-4-11(10)17-5-6-19-8-9(7-18-19)12(14,15)16/h1-4,7-8,17H,5-6H2. The molecule has 0 fully saturated rings. The summed E-state index contributed by atoms with van der Waals surface area (Å²) in [5.41, 5.74) is -0.482. The molecule has 1 heterocycles. The third-order valence-corrected chi connectivity index (χ3v) is 2.49. The van der Waals surface area contributed by atoms with Gasteiger partial charge in [-0.25, -0.2) is 4.39 Å². The molecule has 0 aliphatic heterocycles. The zero-order valence-corrected chi connectivity index (χ0v) is 9.78. The van der Waals surface area contributed by atoms with E-state index in [-0.39, 0.29) is 13.1 Å². The average molecular weight is 273 g/mol. The summed E-state index contributed by atoms with van der Waals surface area (Å²) in [7, 11) is 0. The maximum absolute atomic E-state index is 13.2. The number of para-hydroxylation sites is 1. The van der Waals surface area contributed by atoms with Crippen LogP contribution in [0.2, 0.25) is 0 Å². The zero-order valence-electron chi connectivity index (χ0n) is 9.78. The second-order valence-corrected chi connectivity index (χ2v) is 3.90. The SMILES string of the molecule is Fc1ccccc1NCCn1cc(C(F)(F)F)cn1. The minimum Gasteiger partial charge on any atom is -0.381 e. The van der Waals surface area contributed by atoms with Crippen LogP contribution < -0.4 is 5.32 Å². The first-order valence-electron chi connectivity index (χ1n) is 5.55. The Labute approximate surface area is 106 Å². The lowest BCUT2D eigenvalue weighted by atomic mass is 10.3. The van der Waals surface area contributed by atoms with Crippen LogP contribution in [0, 0.1) is 5.82 Å².